The number of ether oxygens (including phenoxy) is 2. The average Bonchev–Trinajstić information content (AvgIpc) is 2.59. The van der Waals surface area contributed by atoms with Gasteiger partial charge in [-0.15, -0.1) is 0 Å². The van der Waals surface area contributed by atoms with Crippen LogP contribution in [0.3, 0.4) is 0 Å². The standard InChI is InChI=1S/C20H31N3O6/c1-12(2)10-14(23-19(27)29-20(3,4)5)17(25)22-15(18(26)28-6)11-13-8-7-9-21-16(13)24/h7-9,12,14-15H,10-11H2,1-6H3,(H,21,24)(H,22,25)(H,23,27). The van der Waals surface area contributed by atoms with Crippen LogP contribution in [0.2, 0.25) is 0 Å². The highest BCUT2D eigenvalue weighted by atomic mass is 16.6. The van der Waals surface area contributed by atoms with E-state index in [0.717, 1.165) is 0 Å². The number of pyridine rings is 1. The van der Waals surface area contributed by atoms with Gasteiger partial charge < -0.3 is 25.1 Å². The third-order valence-corrected chi connectivity index (χ3v) is 3.84. The molecule has 1 aromatic rings. The van der Waals surface area contributed by atoms with E-state index in [4.69, 9.17) is 9.47 Å². The molecule has 1 aromatic heterocycles. The van der Waals surface area contributed by atoms with Crippen molar-refractivity contribution in [2.75, 3.05) is 7.11 Å². The van der Waals surface area contributed by atoms with Crippen LogP contribution in [0, 0.1) is 5.92 Å². The molecule has 1 rings (SSSR count). The maximum atomic E-state index is 12.8. The van der Waals surface area contributed by atoms with Crippen molar-refractivity contribution in [1.82, 2.24) is 15.6 Å². The van der Waals surface area contributed by atoms with E-state index in [0.29, 0.717) is 12.0 Å². The van der Waals surface area contributed by atoms with Gasteiger partial charge in [0.25, 0.3) is 5.56 Å². The third-order valence-electron chi connectivity index (χ3n) is 3.84. The van der Waals surface area contributed by atoms with Crippen LogP contribution in [0.25, 0.3) is 0 Å². The van der Waals surface area contributed by atoms with E-state index in [2.05, 4.69) is 15.6 Å². The van der Waals surface area contributed by atoms with E-state index < -0.39 is 35.7 Å². The first kappa shape index (κ1) is 24.2. The van der Waals surface area contributed by atoms with Crippen molar-refractivity contribution in [2.45, 2.75) is 65.1 Å². The van der Waals surface area contributed by atoms with Gasteiger partial charge in [0.05, 0.1) is 7.11 Å². The van der Waals surface area contributed by atoms with Crippen LogP contribution in [-0.4, -0.2) is 47.7 Å². The summed E-state index contributed by atoms with van der Waals surface area (Å²) >= 11 is 0. The number of hydrogen-bond donors (Lipinski definition) is 3. The lowest BCUT2D eigenvalue weighted by Gasteiger charge is -2.25. The fourth-order valence-electron chi connectivity index (χ4n) is 2.60. The number of amides is 2. The number of esters is 1. The van der Waals surface area contributed by atoms with Gasteiger partial charge in [-0.25, -0.2) is 9.59 Å². The highest BCUT2D eigenvalue weighted by molar-refractivity contribution is 5.89. The smallest absolute Gasteiger partial charge is 0.408 e. The first-order valence-electron chi connectivity index (χ1n) is 9.47. The molecule has 9 heteroatoms. The summed E-state index contributed by atoms with van der Waals surface area (Å²) in [6.07, 6.45) is 1.04. The second-order valence-electron chi connectivity index (χ2n) is 8.14. The summed E-state index contributed by atoms with van der Waals surface area (Å²) < 4.78 is 9.97. The molecule has 0 radical (unpaired) electrons. The Morgan fingerprint density at radius 3 is 2.31 bits per heavy atom. The first-order chi connectivity index (χ1) is 13.4. The summed E-state index contributed by atoms with van der Waals surface area (Å²) in [5, 5.41) is 5.13. The van der Waals surface area contributed by atoms with E-state index in [-0.39, 0.29) is 17.9 Å². The summed E-state index contributed by atoms with van der Waals surface area (Å²) in [5.41, 5.74) is -0.754. The van der Waals surface area contributed by atoms with Crippen molar-refractivity contribution in [3.8, 4) is 0 Å². The van der Waals surface area contributed by atoms with Crippen LogP contribution in [0.15, 0.2) is 23.1 Å². The van der Waals surface area contributed by atoms with Gasteiger partial charge in [-0.1, -0.05) is 19.9 Å². The molecule has 2 atom stereocenters. The Labute approximate surface area is 170 Å². The lowest BCUT2D eigenvalue weighted by atomic mass is 10.0. The predicted molar refractivity (Wildman–Crippen MR) is 107 cm³/mol. The molecule has 1 heterocycles. The van der Waals surface area contributed by atoms with Gasteiger partial charge >= 0.3 is 12.1 Å². The van der Waals surface area contributed by atoms with E-state index in [1.807, 2.05) is 13.8 Å². The SMILES string of the molecule is COC(=O)C(Cc1ccc[nH]c1=O)NC(=O)C(CC(C)C)NC(=O)OC(C)(C)C. The number of hydrogen-bond acceptors (Lipinski definition) is 6. The van der Waals surface area contributed by atoms with E-state index in [1.165, 1.54) is 13.3 Å². The monoisotopic (exact) mass is 409 g/mol. The molecule has 0 aromatic carbocycles. The Hall–Kier alpha value is -2.84. The van der Waals surface area contributed by atoms with Gasteiger partial charge in [-0.3, -0.25) is 9.59 Å². The molecule has 3 N–H and O–H groups in total. The molecule has 2 amide bonds. The third kappa shape index (κ3) is 8.80. The van der Waals surface area contributed by atoms with Crippen LogP contribution in [0.4, 0.5) is 4.79 Å². The van der Waals surface area contributed by atoms with Gasteiger partial charge in [-0.05, 0) is 39.2 Å². The highest BCUT2D eigenvalue weighted by Crippen LogP contribution is 2.10. The molecule has 0 saturated heterocycles. The Morgan fingerprint density at radius 2 is 1.79 bits per heavy atom. The van der Waals surface area contributed by atoms with Crippen molar-refractivity contribution < 1.29 is 23.9 Å². The molecular weight excluding hydrogens is 378 g/mol. The quantitative estimate of drug-likeness (QED) is 0.559. The molecule has 0 spiro atoms. The molecule has 0 saturated carbocycles. The zero-order valence-electron chi connectivity index (χ0n) is 17.8. The maximum absolute atomic E-state index is 12.8. The largest absolute Gasteiger partial charge is 0.467 e. The highest BCUT2D eigenvalue weighted by Gasteiger charge is 2.29. The van der Waals surface area contributed by atoms with E-state index in [1.54, 1.807) is 32.9 Å². The summed E-state index contributed by atoms with van der Waals surface area (Å²) in [5.74, 6) is -1.16. The maximum Gasteiger partial charge on any atom is 0.408 e. The summed E-state index contributed by atoms with van der Waals surface area (Å²) in [7, 11) is 1.20. The van der Waals surface area contributed by atoms with Crippen molar-refractivity contribution in [2.24, 2.45) is 5.92 Å². The van der Waals surface area contributed by atoms with Crippen molar-refractivity contribution in [3.05, 3.63) is 34.2 Å². The number of carbonyl (C=O) groups is 3. The Morgan fingerprint density at radius 1 is 1.14 bits per heavy atom. The number of aromatic amines is 1. The molecule has 9 nitrogen and oxygen atoms in total. The first-order valence-corrected chi connectivity index (χ1v) is 9.47. The fourth-order valence-corrected chi connectivity index (χ4v) is 2.60. The van der Waals surface area contributed by atoms with Crippen LogP contribution < -0.4 is 16.2 Å². The zero-order valence-corrected chi connectivity index (χ0v) is 17.8. The number of H-pyrrole nitrogens is 1. The number of alkyl carbamates (subject to hydrolysis) is 1. The summed E-state index contributed by atoms with van der Waals surface area (Å²) in [6.45, 7) is 8.95. The predicted octanol–water partition coefficient (Wildman–Crippen LogP) is 1.51. The molecular formula is C20H31N3O6. The Kier molecular flexibility index (Phi) is 8.87. The van der Waals surface area contributed by atoms with Gasteiger partial charge in [0, 0.05) is 18.2 Å². The van der Waals surface area contributed by atoms with E-state index in [9.17, 15) is 19.2 Å². The molecule has 29 heavy (non-hydrogen) atoms. The normalized spacial score (nSPS) is 13.3. The van der Waals surface area contributed by atoms with Crippen LogP contribution in [-0.2, 0) is 25.5 Å². The molecule has 0 aliphatic rings. The minimum Gasteiger partial charge on any atom is -0.467 e. The van der Waals surface area contributed by atoms with Crippen LogP contribution >= 0.6 is 0 Å². The van der Waals surface area contributed by atoms with Gasteiger partial charge in [0.15, 0.2) is 0 Å². The molecule has 0 fully saturated rings. The Bertz CT molecular complexity index is 766. The van der Waals surface area contributed by atoms with Gasteiger partial charge in [0.2, 0.25) is 5.91 Å². The number of methoxy groups -OCH3 is 1. The van der Waals surface area contributed by atoms with Crippen LogP contribution in [0.1, 0.15) is 46.6 Å². The van der Waals surface area contributed by atoms with Gasteiger partial charge in [-0.2, -0.15) is 0 Å². The van der Waals surface area contributed by atoms with Gasteiger partial charge in [0.1, 0.15) is 17.7 Å². The molecule has 0 bridgehead atoms. The number of carbonyl (C=O) groups excluding carboxylic acids is 3. The minimum absolute atomic E-state index is 0.0462. The minimum atomic E-state index is -1.08. The Balaban J connectivity index is 2.96. The van der Waals surface area contributed by atoms with E-state index >= 15 is 0 Å². The lowest BCUT2D eigenvalue weighted by molar-refractivity contribution is -0.145. The fraction of sp³-hybridized carbons (Fsp3) is 0.600. The number of nitrogens with one attached hydrogen (secondary N) is 3. The number of rotatable bonds is 8. The van der Waals surface area contributed by atoms with Crippen molar-refractivity contribution in [1.29, 1.82) is 0 Å². The average molecular weight is 409 g/mol. The number of aromatic nitrogens is 1. The van der Waals surface area contributed by atoms with Crippen molar-refractivity contribution >= 4 is 18.0 Å². The van der Waals surface area contributed by atoms with Crippen LogP contribution in [0.5, 0.6) is 0 Å². The topological polar surface area (TPSA) is 127 Å². The second kappa shape index (κ2) is 10.6. The second-order valence-corrected chi connectivity index (χ2v) is 8.14. The molecule has 2 unspecified atom stereocenters. The summed E-state index contributed by atoms with van der Waals surface area (Å²) in [4.78, 5) is 51.5. The molecule has 0 aliphatic heterocycles. The molecule has 0 aliphatic carbocycles. The lowest BCUT2D eigenvalue weighted by Crippen LogP contribution is -2.53. The van der Waals surface area contributed by atoms with Crippen molar-refractivity contribution in [3.63, 3.8) is 0 Å². The molecule has 162 valence electrons. The summed E-state index contributed by atoms with van der Waals surface area (Å²) in [6, 6.07) is 1.20. The zero-order chi connectivity index (χ0) is 22.2.